The van der Waals surface area contributed by atoms with Crippen LogP contribution in [0.3, 0.4) is 0 Å². The van der Waals surface area contributed by atoms with E-state index in [-0.39, 0.29) is 24.2 Å². The number of aliphatic hydroxyl groups is 1. The third-order valence-corrected chi connectivity index (χ3v) is 6.36. The molecule has 0 spiro atoms. The zero-order valence-electron chi connectivity index (χ0n) is 18.6. The van der Waals surface area contributed by atoms with Crippen LogP contribution in [0.15, 0.2) is 60.7 Å². The highest BCUT2D eigenvalue weighted by molar-refractivity contribution is 5.76. The first-order chi connectivity index (χ1) is 15.7. The Hall–Kier alpha value is -2.25. The zero-order valence-corrected chi connectivity index (χ0v) is 18.6. The first kappa shape index (κ1) is 22.9. The number of hydrogen-bond acceptors (Lipinski definition) is 5. The molecule has 0 radical (unpaired) electrons. The van der Waals surface area contributed by atoms with Gasteiger partial charge in [-0.25, -0.2) is 0 Å². The van der Waals surface area contributed by atoms with Crippen LogP contribution in [0.25, 0.3) is 0 Å². The van der Waals surface area contributed by atoms with Crippen LogP contribution in [0.2, 0.25) is 0 Å². The van der Waals surface area contributed by atoms with E-state index in [1.807, 2.05) is 36.4 Å². The fourth-order valence-electron chi connectivity index (χ4n) is 4.70. The second kappa shape index (κ2) is 11.6. The number of benzene rings is 2. The summed E-state index contributed by atoms with van der Waals surface area (Å²) >= 11 is 0. The van der Waals surface area contributed by atoms with Gasteiger partial charge in [-0.3, -0.25) is 9.69 Å². The van der Waals surface area contributed by atoms with Crippen molar-refractivity contribution >= 4 is 5.91 Å². The van der Waals surface area contributed by atoms with E-state index in [0.717, 1.165) is 31.4 Å². The lowest BCUT2D eigenvalue weighted by molar-refractivity contribution is -0.156. The second-order valence-electron chi connectivity index (χ2n) is 8.83. The van der Waals surface area contributed by atoms with Gasteiger partial charge in [0, 0.05) is 25.7 Å². The smallest absolute Gasteiger partial charge is 0.222 e. The molecule has 2 aliphatic heterocycles. The summed E-state index contributed by atoms with van der Waals surface area (Å²) in [7, 11) is 0. The van der Waals surface area contributed by atoms with Crippen LogP contribution in [0, 0.1) is 0 Å². The average Bonchev–Trinajstić information content (AvgIpc) is 2.81. The Morgan fingerprint density at radius 1 is 1.00 bits per heavy atom. The van der Waals surface area contributed by atoms with E-state index in [2.05, 4.69) is 34.5 Å². The summed E-state index contributed by atoms with van der Waals surface area (Å²) in [6.45, 7) is 2.75. The van der Waals surface area contributed by atoms with E-state index < -0.39 is 6.10 Å². The van der Waals surface area contributed by atoms with Gasteiger partial charge in [-0.15, -0.1) is 0 Å². The number of carbonyl (C=O) groups excluding carboxylic acids is 1. The minimum atomic E-state index is -0.492. The highest BCUT2D eigenvalue weighted by Crippen LogP contribution is 2.28. The molecule has 2 N–H and O–H groups in total. The zero-order chi connectivity index (χ0) is 22.2. The molecule has 1 amide bonds. The summed E-state index contributed by atoms with van der Waals surface area (Å²) in [4.78, 5) is 14.8. The van der Waals surface area contributed by atoms with Gasteiger partial charge in [0.05, 0.1) is 37.9 Å². The quantitative estimate of drug-likeness (QED) is 0.695. The first-order valence-electron chi connectivity index (χ1n) is 11.7. The normalized spacial score (nSPS) is 26.5. The molecule has 2 aliphatic rings. The molecule has 4 rings (SSSR count). The van der Waals surface area contributed by atoms with Gasteiger partial charge in [-0.1, -0.05) is 60.7 Å². The molecule has 0 bridgehead atoms. The lowest BCUT2D eigenvalue weighted by Crippen LogP contribution is -2.56. The van der Waals surface area contributed by atoms with E-state index >= 15 is 0 Å². The highest BCUT2D eigenvalue weighted by atomic mass is 16.5. The Morgan fingerprint density at radius 2 is 1.72 bits per heavy atom. The van der Waals surface area contributed by atoms with Crippen molar-refractivity contribution in [1.29, 1.82) is 0 Å². The van der Waals surface area contributed by atoms with Crippen molar-refractivity contribution in [2.24, 2.45) is 0 Å². The van der Waals surface area contributed by atoms with Crippen molar-refractivity contribution in [3.8, 4) is 0 Å². The molecule has 0 aromatic heterocycles. The summed E-state index contributed by atoms with van der Waals surface area (Å²) in [6, 6.07) is 20.6. The van der Waals surface area contributed by atoms with Crippen LogP contribution in [-0.4, -0.2) is 66.6 Å². The Kier molecular flexibility index (Phi) is 8.29. The Balaban J connectivity index is 1.31. The summed E-state index contributed by atoms with van der Waals surface area (Å²) in [6.07, 6.45) is 2.39. The molecule has 2 aromatic rings. The summed E-state index contributed by atoms with van der Waals surface area (Å²) < 4.78 is 12.1. The summed E-state index contributed by atoms with van der Waals surface area (Å²) in [5.74, 6) is 0.0143. The predicted octanol–water partition coefficient (Wildman–Crippen LogP) is 2.54. The van der Waals surface area contributed by atoms with Gasteiger partial charge in [-0.2, -0.15) is 0 Å². The molecule has 2 saturated heterocycles. The van der Waals surface area contributed by atoms with E-state index in [9.17, 15) is 9.90 Å². The molecule has 0 saturated carbocycles. The number of amides is 1. The number of rotatable bonds is 7. The van der Waals surface area contributed by atoms with Crippen molar-refractivity contribution in [1.82, 2.24) is 10.2 Å². The van der Waals surface area contributed by atoms with Crippen molar-refractivity contribution in [3.05, 3.63) is 71.8 Å². The maximum atomic E-state index is 12.5. The molecule has 32 heavy (non-hydrogen) atoms. The molecule has 0 aliphatic carbocycles. The molecule has 2 fully saturated rings. The predicted molar refractivity (Wildman–Crippen MR) is 123 cm³/mol. The van der Waals surface area contributed by atoms with Crippen molar-refractivity contribution < 1.29 is 19.4 Å². The Bertz CT molecular complexity index is 832. The van der Waals surface area contributed by atoms with Gasteiger partial charge in [0.2, 0.25) is 5.91 Å². The van der Waals surface area contributed by atoms with Gasteiger partial charge >= 0.3 is 0 Å². The number of nitrogens with zero attached hydrogens (tertiary/aromatic N) is 1. The highest BCUT2D eigenvalue weighted by Gasteiger charge is 2.37. The maximum absolute atomic E-state index is 12.5. The van der Waals surface area contributed by atoms with Crippen LogP contribution in [-0.2, 0) is 27.2 Å². The fraction of sp³-hybridized carbons (Fsp3) is 0.500. The number of carbonyl (C=O) groups is 1. The first-order valence-corrected chi connectivity index (χ1v) is 11.7. The standard InChI is InChI=1S/C26H34N2O4/c29-22-17-28(14-13-20-7-3-1-4-8-20)24-12-11-23(32-25(24)19-31-18-22)15-26(30)27-16-21-9-5-2-6-10-21/h1-10,22-25,29H,11-19H2,(H,27,30)/t22-,23-,24-,25+/m1/s1. The van der Waals surface area contributed by atoms with Crippen molar-refractivity contribution in [2.45, 2.75) is 56.6 Å². The van der Waals surface area contributed by atoms with Crippen LogP contribution >= 0.6 is 0 Å². The number of aliphatic hydroxyl groups excluding tert-OH is 1. The molecular formula is C26H34N2O4. The van der Waals surface area contributed by atoms with Crippen LogP contribution in [0.1, 0.15) is 30.4 Å². The minimum Gasteiger partial charge on any atom is -0.389 e. The van der Waals surface area contributed by atoms with Gasteiger partial charge in [0.1, 0.15) is 0 Å². The van der Waals surface area contributed by atoms with Crippen LogP contribution < -0.4 is 5.32 Å². The van der Waals surface area contributed by atoms with E-state index in [1.54, 1.807) is 0 Å². The summed E-state index contributed by atoms with van der Waals surface area (Å²) in [5.41, 5.74) is 2.38. The number of ether oxygens (including phenoxy) is 2. The van der Waals surface area contributed by atoms with E-state index in [0.29, 0.717) is 32.7 Å². The van der Waals surface area contributed by atoms with Gasteiger partial charge < -0.3 is 19.9 Å². The van der Waals surface area contributed by atoms with E-state index in [4.69, 9.17) is 9.47 Å². The number of fused-ring (bicyclic) bond motifs is 1. The largest absolute Gasteiger partial charge is 0.389 e. The van der Waals surface area contributed by atoms with Crippen molar-refractivity contribution in [3.63, 3.8) is 0 Å². The minimum absolute atomic E-state index is 0.0143. The Labute approximate surface area is 190 Å². The third-order valence-electron chi connectivity index (χ3n) is 6.36. The molecule has 4 atom stereocenters. The third kappa shape index (κ3) is 6.62. The molecule has 2 heterocycles. The maximum Gasteiger partial charge on any atom is 0.222 e. The van der Waals surface area contributed by atoms with Crippen molar-refractivity contribution in [2.75, 3.05) is 26.3 Å². The van der Waals surface area contributed by atoms with Crippen LogP contribution in [0.5, 0.6) is 0 Å². The van der Waals surface area contributed by atoms with Gasteiger partial charge in [-0.05, 0) is 30.4 Å². The molecular weight excluding hydrogens is 404 g/mol. The molecule has 0 unspecified atom stereocenters. The molecule has 2 aromatic carbocycles. The SMILES string of the molecule is O=C(C[C@H]1CC[C@@H]2[C@H](COC[C@H](O)CN2CCc2ccccc2)O1)NCc1ccccc1. The van der Waals surface area contributed by atoms with E-state index in [1.165, 1.54) is 5.56 Å². The second-order valence-corrected chi connectivity index (χ2v) is 8.83. The average molecular weight is 439 g/mol. The van der Waals surface area contributed by atoms with Crippen LogP contribution in [0.4, 0.5) is 0 Å². The van der Waals surface area contributed by atoms with Gasteiger partial charge in [0.25, 0.3) is 0 Å². The molecule has 172 valence electrons. The monoisotopic (exact) mass is 438 g/mol. The number of β-amino-alcohol motifs (C(OH)–C–C–N with tert-alkyl or cyclic N) is 1. The summed E-state index contributed by atoms with van der Waals surface area (Å²) in [5, 5.41) is 13.3. The lowest BCUT2D eigenvalue weighted by atomic mass is 9.94. The lowest BCUT2D eigenvalue weighted by Gasteiger charge is -2.44. The fourth-order valence-corrected chi connectivity index (χ4v) is 4.70. The number of nitrogens with one attached hydrogen (secondary N) is 1. The molecule has 6 nitrogen and oxygen atoms in total. The van der Waals surface area contributed by atoms with Gasteiger partial charge in [0.15, 0.2) is 0 Å². The topological polar surface area (TPSA) is 71.0 Å². The molecule has 6 heteroatoms. The number of hydrogen-bond donors (Lipinski definition) is 2. The Morgan fingerprint density at radius 3 is 2.47 bits per heavy atom.